The Kier molecular flexibility index (Phi) is 5.98. The van der Waals surface area contributed by atoms with Crippen molar-refractivity contribution in [1.82, 2.24) is 0 Å². The molecule has 118 valence electrons. The SMILES string of the molecule is COC(=O)CS(=O)(=O)CC(N)c1ccc(OC)c(OC)c1. The van der Waals surface area contributed by atoms with Gasteiger partial charge >= 0.3 is 5.97 Å². The van der Waals surface area contributed by atoms with Crippen LogP contribution >= 0.6 is 0 Å². The number of rotatable bonds is 7. The Labute approximate surface area is 123 Å². The van der Waals surface area contributed by atoms with E-state index < -0.39 is 27.6 Å². The first-order valence-electron chi connectivity index (χ1n) is 6.07. The Hall–Kier alpha value is -1.80. The molecule has 0 saturated carbocycles. The summed E-state index contributed by atoms with van der Waals surface area (Å²) in [6.07, 6.45) is 0. The Morgan fingerprint density at radius 3 is 2.33 bits per heavy atom. The lowest BCUT2D eigenvalue weighted by Gasteiger charge is -2.15. The summed E-state index contributed by atoms with van der Waals surface area (Å²) in [7, 11) is 0.456. The van der Waals surface area contributed by atoms with Gasteiger partial charge in [0.2, 0.25) is 0 Å². The molecule has 1 rings (SSSR count). The minimum absolute atomic E-state index is 0.364. The van der Waals surface area contributed by atoms with Crippen molar-refractivity contribution >= 4 is 15.8 Å². The highest BCUT2D eigenvalue weighted by Crippen LogP contribution is 2.29. The smallest absolute Gasteiger partial charge is 0.320 e. The number of benzene rings is 1. The topological polar surface area (TPSA) is 105 Å². The molecule has 0 amide bonds. The van der Waals surface area contributed by atoms with Gasteiger partial charge in [-0.15, -0.1) is 0 Å². The first kappa shape index (κ1) is 17.3. The van der Waals surface area contributed by atoms with Crippen LogP contribution in [-0.4, -0.2) is 47.2 Å². The summed E-state index contributed by atoms with van der Waals surface area (Å²) in [5.41, 5.74) is 6.46. The third kappa shape index (κ3) is 4.91. The van der Waals surface area contributed by atoms with Crippen LogP contribution in [0.4, 0.5) is 0 Å². The van der Waals surface area contributed by atoms with Crippen LogP contribution in [0.15, 0.2) is 18.2 Å². The molecule has 0 fully saturated rings. The molecular weight excluding hydrogens is 298 g/mol. The average Bonchev–Trinajstić information content (AvgIpc) is 2.45. The molecule has 21 heavy (non-hydrogen) atoms. The van der Waals surface area contributed by atoms with Crippen molar-refractivity contribution in [2.75, 3.05) is 32.8 Å². The normalized spacial score (nSPS) is 12.6. The molecule has 0 radical (unpaired) electrons. The summed E-state index contributed by atoms with van der Waals surface area (Å²) in [5, 5.41) is 0. The van der Waals surface area contributed by atoms with Gasteiger partial charge in [0.05, 0.1) is 27.1 Å². The number of sulfone groups is 1. The van der Waals surface area contributed by atoms with Crippen LogP contribution < -0.4 is 15.2 Å². The lowest BCUT2D eigenvalue weighted by atomic mass is 10.1. The molecule has 0 saturated heterocycles. The van der Waals surface area contributed by atoms with E-state index >= 15 is 0 Å². The van der Waals surface area contributed by atoms with Gasteiger partial charge in [-0.05, 0) is 17.7 Å². The third-order valence-corrected chi connectivity index (χ3v) is 4.38. The van der Waals surface area contributed by atoms with E-state index in [-0.39, 0.29) is 5.75 Å². The van der Waals surface area contributed by atoms with E-state index in [1.165, 1.54) is 14.2 Å². The molecule has 0 aliphatic carbocycles. The zero-order chi connectivity index (χ0) is 16.0. The van der Waals surface area contributed by atoms with Crippen LogP contribution in [0.5, 0.6) is 11.5 Å². The summed E-state index contributed by atoms with van der Waals surface area (Å²) >= 11 is 0. The van der Waals surface area contributed by atoms with E-state index in [9.17, 15) is 13.2 Å². The number of carbonyl (C=O) groups is 1. The molecule has 0 heterocycles. The van der Waals surface area contributed by atoms with Gasteiger partial charge in [0.1, 0.15) is 5.75 Å². The molecule has 1 aromatic carbocycles. The van der Waals surface area contributed by atoms with Crippen molar-refractivity contribution in [2.45, 2.75) is 6.04 Å². The third-order valence-electron chi connectivity index (χ3n) is 2.83. The number of nitrogens with two attached hydrogens (primary N) is 1. The van der Waals surface area contributed by atoms with Crippen molar-refractivity contribution in [1.29, 1.82) is 0 Å². The molecule has 7 nitrogen and oxygen atoms in total. The highest BCUT2D eigenvalue weighted by Gasteiger charge is 2.22. The van der Waals surface area contributed by atoms with Crippen LogP contribution in [-0.2, 0) is 19.4 Å². The fraction of sp³-hybridized carbons (Fsp3) is 0.462. The Balaban J connectivity index is 2.89. The standard InChI is InChI=1S/C13H19NO6S/c1-18-11-5-4-9(6-12(11)19-2)10(14)7-21(16,17)8-13(15)20-3/h4-6,10H,7-8,14H2,1-3H3. The van der Waals surface area contributed by atoms with Gasteiger partial charge < -0.3 is 19.9 Å². The molecule has 0 spiro atoms. The summed E-state index contributed by atoms with van der Waals surface area (Å²) in [6, 6.07) is 4.12. The van der Waals surface area contributed by atoms with Gasteiger partial charge in [-0.1, -0.05) is 6.07 Å². The largest absolute Gasteiger partial charge is 0.493 e. The van der Waals surface area contributed by atoms with Crippen molar-refractivity contribution in [3.8, 4) is 11.5 Å². The Morgan fingerprint density at radius 1 is 1.19 bits per heavy atom. The number of methoxy groups -OCH3 is 3. The number of ether oxygens (including phenoxy) is 3. The Bertz CT molecular complexity index is 599. The molecule has 1 unspecified atom stereocenters. The molecular formula is C13H19NO6S. The fourth-order valence-corrected chi connectivity index (χ4v) is 3.09. The van der Waals surface area contributed by atoms with Crippen molar-refractivity contribution in [3.05, 3.63) is 23.8 Å². The van der Waals surface area contributed by atoms with E-state index in [1.807, 2.05) is 0 Å². The fourth-order valence-electron chi connectivity index (χ4n) is 1.75. The minimum Gasteiger partial charge on any atom is -0.493 e. The second-order valence-electron chi connectivity index (χ2n) is 4.35. The first-order chi connectivity index (χ1) is 9.82. The van der Waals surface area contributed by atoms with E-state index in [1.54, 1.807) is 18.2 Å². The lowest BCUT2D eigenvalue weighted by molar-refractivity contribution is -0.137. The number of hydrogen-bond donors (Lipinski definition) is 1. The van der Waals surface area contributed by atoms with Crippen LogP contribution in [0, 0.1) is 0 Å². The molecule has 0 bridgehead atoms. The summed E-state index contributed by atoms with van der Waals surface area (Å²) < 4.78 is 38.2. The monoisotopic (exact) mass is 317 g/mol. The van der Waals surface area contributed by atoms with Crippen LogP contribution in [0.2, 0.25) is 0 Å². The molecule has 1 aromatic rings. The molecule has 0 aromatic heterocycles. The number of hydrogen-bond acceptors (Lipinski definition) is 7. The molecule has 1 atom stereocenters. The summed E-state index contributed by atoms with van der Waals surface area (Å²) in [4.78, 5) is 11.1. The first-order valence-corrected chi connectivity index (χ1v) is 7.90. The molecule has 0 aliphatic heterocycles. The maximum Gasteiger partial charge on any atom is 0.320 e. The molecule has 2 N–H and O–H groups in total. The predicted octanol–water partition coefficient (Wildman–Crippen LogP) is 0.291. The van der Waals surface area contributed by atoms with Gasteiger partial charge in [-0.2, -0.15) is 0 Å². The van der Waals surface area contributed by atoms with Crippen LogP contribution in [0.1, 0.15) is 11.6 Å². The average molecular weight is 317 g/mol. The second-order valence-corrected chi connectivity index (χ2v) is 6.46. The van der Waals surface area contributed by atoms with E-state index in [2.05, 4.69) is 4.74 Å². The Morgan fingerprint density at radius 2 is 1.81 bits per heavy atom. The zero-order valence-electron chi connectivity index (χ0n) is 12.2. The highest BCUT2D eigenvalue weighted by molar-refractivity contribution is 7.92. The van der Waals surface area contributed by atoms with Gasteiger partial charge in [0.25, 0.3) is 0 Å². The summed E-state index contributed by atoms with van der Waals surface area (Å²) in [5.74, 6) is -0.890. The molecule has 8 heteroatoms. The minimum atomic E-state index is -3.65. The van der Waals surface area contributed by atoms with Crippen LogP contribution in [0.3, 0.4) is 0 Å². The lowest BCUT2D eigenvalue weighted by Crippen LogP contribution is -2.27. The number of esters is 1. The van der Waals surface area contributed by atoms with E-state index in [0.29, 0.717) is 17.1 Å². The van der Waals surface area contributed by atoms with Crippen LogP contribution in [0.25, 0.3) is 0 Å². The highest BCUT2D eigenvalue weighted by atomic mass is 32.2. The summed E-state index contributed by atoms with van der Waals surface area (Å²) in [6.45, 7) is 0. The molecule has 0 aliphatic rings. The maximum atomic E-state index is 11.8. The quantitative estimate of drug-likeness (QED) is 0.721. The van der Waals surface area contributed by atoms with Gasteiger partial charge in [-0.25, -0.2) is 8.42 Å². The van der Waals surface area contributed by atoms with Crippen molar-refractivity contribution in [2.24, 2.45) is 5.73 Å². The number of carbonyl (C=O) groups excluding carboxylic acids is 1. The van der Waals surface area contributed by atoms with Crippen molar-refractivity contribution < 1.29 is 27.4 Å². The maximum absolute atomic E-state index is 11.8. The zero-order valence-corrected chi connectivity index (χ0v) is 13.0. The van der Waals surface area contributed by atoms with Crippen molar-refractivity contribution in [3.63, 3.8) is 0 Å². The van der Waals surface area contributed by atoms with Gasteiger partial charge in [-0.3, -0.25) is 4.79 Å². The van der Waals surface area contributed by atoms with Gasteiger partial charge in [0, 0.05) is 6.04 Å². The second kappa shape index (κ2) is 7.28. The van der Waals surface area contributed by atoms with Gasteiger partial charge in [0.15, 0.2) is 21.3 Å². The van der Waals surface area contributed by atoms with E-state index in [0.717, 1.165) is 7.11 Å². The predicted molar refractivity (Wildman–Crippen MR) is 77.1 cm³/mol. The van der Waals surface area contributed by atoms with E-state index in [4.69, 9.17) is 15.2 Å².